The summed E-state index contributed by atoms with van der Waals surface area (Å²) < 4.78 is 25.9. The molecule has 0 aliphatic rings. The number of ether oxygens (including phenoxy) is 2. The van der Waals surface area contributed by atoms with E-state index in [0.717, 1.165) is 11.6 Å². The average Bonchev–Trinajstić information content (AvgIpc) is 2.82. The number of carbonyl (C=O) groups is 2. The van der Waals surface area contributed by atoms with Crippen molar-refractivity contribution in [2.24, 2.45) is 10.7 Å². The molecule has 0 aliphatic carbocycles. The molecule has 0 spiro atoms. The quantitative estimate of drug-likeness (QED) is 0.234. The van der Waals surface area contributed by atoms with E-state index in [4.69, 9.17) is 33.4 Å². The van der Waals surface area contributed by atoms with Gasteiger partial charge in [0.05, 0.1) is 12.1 Å². The normalized spacial score (nSPS) is 11.4. The fourth-order valence-corrected chi connectivity index (χ4v) is 3.47. The smallest absolute Gasteiger partial charge is 0.437 e. The van der Waals surface area contributed by atoms with Gasteiger partial charge in [-0.25, -0.2) is 14.0 Å². The summed E-state index contributed by atoms with van der Waals surface area (Å²) >= 11 is 6.10. The van der Waals surface area contributed by atoms with Crippen molar-refractivity contribution in [3.63, 3.8) is 0 Å². The number of carbonyl (C=O) groups excluding carboxylic acids is 2. The molecular formula is C27H24ClFN4O4. The minimum Gasteiger partial charge on any atom is -0.488 e. The van der Waals surface area contributed by atoms with Crippen molar-refractivity contribution in [3.8, 4) is 16.9 Å². The molecule has 0 bridgehead atoms. The maximum absolute atomic E-state index is 14.9. The van der Waals surface area contributed by atoms with Crippen LogP contribution in [0.1, 0.15) is 36.7 Å². The second kappa shape index (κ2) is 11.5. The Bertz CT molecular complexity index is 1400. The minimum absolute atomic E-state index is 0.0268. The second-order valence-corrected chi connectivity index (χ2v) is 9.21. The molecular weight excluding hydrogens is 499 g/mol. The highest BCUT2D eigenvalue weighted by Gasteiger charge is 2.25. The summed E-state index contributed by atoms with van der Waals surface area (Å²) in [6.07, 6.45) is -1.01. The van der Waals surface area contributed by atoms with E-state index in [2.05, 4.69) is 15.2 Å². The van der Waals surface area contributed by atoms with Crippen molar-refractivity contribution < 1.29 is 23.5 Å². The van der Waals surface area contributed by atoms with Crippen LogP contribution in [0.2, 0.25) is 5.02 Å². The average molecular weight is 523 g/mol. The first kappa shape index (κ1) is 27.2. The third-order valence-electron chi connectivity index (χ3n) is 4.77. The molecule has 0 aromatic heterocycles. The summed E-state index contributed by atoms with van der Waals surface area (Å²) in [6, 6.07) is 15.8. The summed E-state index contributed by atoms with van der Waals surface area (Å²) in [5.41, 5.74) is 5.41. The lowest BCUT2D eigenvalue weighted by atomic mass is 9.95. The third-order valence-corrected chi connectivity index (χ3v) is 5.01. The van der Waals surface area contributed by atoms with Gasteiger partial charge >= 0.3 is 6.09 Å². The highest BCUT2D eigenvalue weighted by Crippen LogP contribution is 2.41. The zero-order valence-electron chi connectivity index (χ0n) is 20.3. The Morgan fingerprint density at radius 3 is 2.49 bits per heavy atom. The lowest BCUT2D eigenvalue weighted by Gasteiger charge is -2.19. The molecule has 0 aliphatic heterocycles. The SMILES string of the molecule is [C-]#[N+]c1ccc(OCc2ccccc2)c(C(=O)NC(N)=NC(=O)OC(C)(C)C)c1-c1cc(Cl)ccc1F. The predicted molar refractivity (Wildman–Crippen MR) is 139 cm³/mol. The summed E-state index contributed by atoms with van der Waals surface area (Å²) in [5.74, 6) is -2.10. The lowest BCUT2D eigenvalue weighted by Crippen LogP contribution is -2.38. The molecule has 0 radical (unpaired) electrons. The summed E-state index contributed by atoms with van der Waals surface area (Å²) in [4.78, 5) is 32.5. The minimum atomic E-state index is -1.01. The molecule has 0 heterocycles. The Morgan fingerprint density at radius 2 is 1.84 bits per heavy atom. The Hall–Kier alpha value is -4.42. The zero-order chi connectivity index (χ0) is 27.2. The summed E-state index contributed by atoms with van der Waals surface area (Å²) in [5, 5.41) is 2.49. The molecule has 37 heavy (non-hydrogen) atoms. The number of aliphatic imine (C=N–C) groups is 1. The van der Waals surface area contributed by atoms with E-state index in [1.54, 1.807) is 20.8 Å². The molecule has 0 saturated heterocycles. The Morgan fingerprint density at radius 1 is 1.14 bits per heavy atom. The second-order valence-electron chi connectivity index (χ2n) is 8.77. The summed E-state index contributed by atoms with van der Waals surface area (Å²) in [6.45, 7) is 12.6. The van der Waals surface area contributed by atoms with Crippen molar-refractivity contribution in [2.45, 2.75) is 33.0 Å². The maximum Gasteiger partial charge on any atom is 0.437 e. The molecule has 3 aromatic carbocycles. The predicted octanol–water partition coefficient (Wildman–Crippen LogP) is 6.26. The van der Waals surface area contributed by atoms with Gasteiger partial charge in [-0.1, -0.05) is 48.0 Å². The molecule has 190 valence electrons. The highest BCUT2D eigenvalue weighted by molar-refractivity contribution is 6.31. The Kier molecular flexibility index (Phi) is 8.48. The largest absolute Gasteiger partial charge is 0.488 e. The van der Waals surface area contributed by atoms with Crippen LogP contribution in [-0.2, 0) is 11.3 Å². The van der Waals surface area contributed by atoms with Gasteiger partial charge in [0, 0.05) is 16.1 Å². The van der Waals surface area contributed by atoms with Crippen LogP contribution in [0, 0.1) is 12.4 Å². The fourth-order valence-electron chi connectivity index (χ4n) is 3.30. The molecule has 10 heteroatoms. The van der Waals surface area contributed by atoms with Crippen molar-refractivity contribution >= 4 is 35.2 Å². The first-order chi connectivity index (χ1) is 17.5. The molecule has 0 fully saturated rings. The molecule has 2 amide bonds. The number of nitrogens with one attached hydrogen (secondary N) is 1. The van der Waals surface area contributed by atoms with Crippen LogP contribution in [0.4, 0.5) is 14.9 Å². The number of hydrogen-bond acceptors (Lipinski definition) is 4. The van der Waals surface area contributed by atoms with Crippen LogP contribution in [0.3, 0.4) is 0 Å². The third kappa shape index (κ3) is 7.29. The highest BCUT2D eigenvalue weighted by atomic mass is 35.5. The zero-order valence-corrected chi connectivity index (χ0v) is 21.1. The van der Waals surface area contributed by atoms with Crippen LogP contribution >= 0.6 is 11.6 Å². The van der Waals surface area contributed by atoms with Gasteiger partial charge in [-0.3, -0.25) is 10.1 Å². The number of amides is 2. The van der Waals surface area contributed by atoms with E-state index < -0.39 is 29.4 Å². The van der Waals surface area contributed by atoms with E-state index in [1.165, 1.54) is 24.3 Å². The summed E-state index contributed by atoms with van der Waals surface area (Å²) in [7, 11) is 0. The van der Waals surface area contributed by atoms with Gasteiger partial charge in [0.1, 0.15) is 23.8 Å². The van der Waals surface area contributed by atoms with Crippen LogP contribution in [0.5, 0.6) is 5.75 Å². The standard InChI is InChI=1S/C27H24ClFN4O4/c1-27(2,3)37-26(35)33-25(30)32-24(34)23-21(36-15-16-8-6-5-7-9-16)13-12-20(31-4)22(23)18-14-17(28)10-11-19(18)29/h5-14H,15H2,1-3H3,(H3,30,32,33,34,35). The number of hydrogen-bond donors (Lipinski definition) is 2. The monoisotopic (exact) mass is 522 g/mol. The van der Waals surface area contributed by atoms with Crippen LogP contribution in [0.25, 0.3) is 16.0 Å². The van der Waals surface area contributed by atoms with Crippen molar-refractivity contribution in [3.05, 3.63) is 94.0 Å². The number of rotatable bonds is 5. The molecule has 0 saturated carbocycles. The molecule has 3 aromatic rings. The van der Waals surface area contributed by atoms with Gasteiger partial charge in [0.25, 0.3) is 5.91 Å². The molecule has 3 rings (SSSR count). The van der Waals surface area contributed by atoms with Crippen molar-refractivity contribution in [2.75, 3.05) is 0 Å². The number of benzene rings is 3. The van der Waals surface area contributed by atoms with Crippen LogP contribution in [-0.4, -0.2) is 23.6 Å². The molecule has 0 atom stereocenters. The topological polar surface area (TPSA) is 107 Å². The van der Waals surface area contributed by atoms with Gasteiger partial charge in [-0.15, -0.1) is 4.99 Å². The Balaban J connectivity index is 2.10. The lowest BCUT2D eigenvalue weighted by molar-refractivity contribution is 0.0604. The van der Waals surface area contributed by atoms with Crippen LogP contribution in [0.15, 0.2) is 65.7 Å². The van der Waals surface area contributed by atoms with E-state index in [1.807, 2.05) is 30.3 Å². The number of halogens is 2. The molecule has 0 unspecified atom stereocenters. The number of guanidine groups is 1. The van der Waals surface area contributed by atoms with E-state index in [-0.39, 0.29) is 39.8 Å². The van der Waals surface area contributed by atoms with Gasteiger partial charge in [-0.05, 0) is 50.6 Å². The number of nitrogens with zero attached hydrogens (tertiary/aromatic N) is 2. The van der Waals surface area contributed by atoms with Gasteiger partial charge in [-0.2, -0.15) is 0 Å². The maximum atomic E-state index is 14.9. The van der Waals surface area contributed by atoms with Gasteiger partial charge in [0.15, 0.2) is 5.69 Å². The van der Waals surface area contributed by atoms with E-state index in [9.17, 15) is 14.0 Å². The molecule has 8 nitrogen and oxygen atoms in total. The van der Waals surface area contributed by atoms with Gasteiger partial charge in [0.2, 0.25) is 5.96 Å². The van der Waals surface area contributed by atoms with Crippen molar-refractivity contribution in [1.29, 1.82) is 0 Å². The Labute approximate surface area is 218 Å². The first-order valence-electron chi connectivity index (χ1n) is 11.0. The fraction of sp³-hybridized carbons (Fsp3) is 0.185. The van der Waals surface area contributed by atoms with E-state index in [0.29, 0.717) is 0 Å². The molecule has 3 N–H and O–H groups in total. The van der Waals surface area contributed by atoms with E-state index >= 15 is 0 Å². The van der Waals surface area contributed by atoms with Crippen LogP contribution < -0.4 is 15.8 Å². The number of nitrogens with two attached hydrogens (primary N) is 1. The first-order valence-corrected chi connectivity index (χ1v) is 11.4. The van der Waals surface area contributed by atoms with Gasteiger partial charge < -0.3 is 15.2 Å². The van der Waals surface area contributed by atoms with Crippen molar-refractivity contribution in [1.82, 2.24) is 5.32 Å².